The third-order valence-corrected chi connectivity index (χ3v) is 7.98. The largest absolute Gasteiger partial charge is 0.480 e. The fourth-order valence-electron chi connectivity index (χ4n) is 4.25. The van der Waals surface area contributed by atoms with Gasteiger partial charge in [-0.15, -0.1) is 0 Å². The van der Waals surface area contributed by atoms with Crippen molar-refractivity contribution >= 4 is 19.8 Å². The summed E-state index contributed by atoms with van der Waals surface area (Å²) >= 11 is 0. The number of carboxylic acid groups (broad SMARTS) is 1. The van der Waals surface area contributed by atoms with E-state index in [9.17, 15) is 19.0 Å². The van der Waals surface area contributed by atoms with Crippen molar-refractivity contribution in [1.82, 2.24) is 0 Å². The van der Waals surface area contributed by atoms with Gasteiger partial charge in [0.1, 0.15) is 12.1 Å². The first-order valence-corrected chi connectivity index (χ1v) is 19.3. The second kappa shape index (κ2) is 33.2. The van der Waals surface area contributed by atoms with Crippen LogP contribution in [-0.4, -0.2) is 60.5 Å². The predicted molar refractivity (Wildman–Crippen MR) is 194 cm³/mol. The fraction of sp³-hybridized carbons (Fsp3) is 0.676. The summed E-state index contributed by atoms with van der Waals surface area (Å²) in [7, 11) is -4.63. The lowest BCUT2D eigenvalue weighted by molar-refractivity contribution is -0.154. The van der Waals surface area contributed by atoms with Gasteiger partial charge in [-0.05, 0) is 70.6 Å². The number of unbranched alkanes of at least 4 members (excludes halogenated alkanes) is 9. The molecular weight excluding hydrogens is 633 g/mol. The van der Waals surface area contributed by atoms with Crippen molar-refractivity contribution in [3.63, 3.8) is 0 Å². The average molecular weight is 698 g/mol. The molecule has 0 rings (SSSR count). The Morgan fingerprint density at radius 2 is 1.21 bits per heavy atom. The highest BCUT2D eigenvalue weighted by molar-refractivity contribution is 7.47. The third kappa shape index (κ3) is 32.2. The highest BCUT2D eigenvalue weighted by Gasteiger charge is 2.27. The third-order valence-electron chi connectivity index (χ3n) is 7.03. The normalized spacial score (nSPS) is 14.9. The monoisotopic (exact) mass is 697 g/mol. The Balaban J connectivity index is 4.47. The van der Waals surface area contributed by atoms with Gasteiger partial charge in [-0.25, -0.2) is 4.57 Å². The molecule has 0 aliphatic heterocycles. The van der Waals surface area contributed by atoms with E-state index in [1.54, 1.807) is 0 Å². The van der Waals surface area contributed by atoms with Crippen LogP contribution in [0.25, 0.3) is 0 Å². The fourth-order valence-corrected chi connectivity index (χ4v) is 5.02. The number of carbonyl (C=O) groups excluding carboxylic acids is 1. The van der Waals surface area contributed by atoms with Crippen molar-refractivity contribution in [3.05, 3.63) is 60.8 Å². The quantitative estimate of drug-likeness (QED) is 0.0262. The van der Waals surface area contributed by atoms with Gasteiger partial charge in [0.15, 0.2) is 0 Å². The minimum atomic E-state index is -4.63. The molecule has 0 amide bonds. The molecular formula is C37H64NO9P. The van der Waals surface area contributed by atoms with Crippen LogP contribution in [0.3, 0.4) is 0 Å². The second-order valence-corrected chi connectivity index (χ2v) is 13.1. The summed E-state index contributed by atoms with van der Waals surface area (Å²) < 4.78 is 33.0. The lowest BCUT2D eigenvalue weighted by Gasteiger charge is -2.20. The Morgan fingerprint density at radius 1 is 0.688 bits per heavy atom. The number of rotatable bonds is 33. The molecule has 0 aromatic carbocycles. The Labute approximate surface area is 290 Å². The summed E-state index contributed by atoms with van der Waals surface area (Å²) in [5, 5.41) is 8.85. The summed E-state index contributed by atoms with van der Waals surface area (Å²) in [5.74, 6) is -1.82. The molecule has 276 valence electrons. The van der Waals surface area contributed by atoms with Gasteiger partial charge in [0.2, 0.25) is 0 Å². The first-order chi connectivity index (χ1) is 23.2. The number of phosphoric acid groups is 1. The molecule has 0 aliphatic carbocycles. The van der Waals surface area contributed by atoms with Gasteiger partial charge in [-0.3, -0.25) is 18.6 Å². The summed E-state index contributed by atoms with van der Waals surface area (Å²) in [4.78, 5) is 33.3. The average Bonchev–Trinajstić information content (AvgIpc) is 3.06. The van der Waals surface area contributed by atoms with Gasteiger partial charge >= 0.3 is 19.8 Å². The number of allylic oxidation sites excluding steroid dienone is 10. The van der Waals surface area contributed by atoms with Gasteiger partial charge in [-0.1, -0.05) is 107 Å². The van der Waals surface area contributed by atoms with E-state index in [0.717, 1.165) is 77.0 Å². The van der Waals surface area contributed by atoms with Crippen LogP contribution < -0.4 is 5.73 Å². The van der Waals surface area contributed by atoms with Crippen LogP contribution in [0.15, 0.2) is 60.8 Å². The summed E-state index contributed by atoms with van der Waals surface area (Å²) in [6, 6.07) is -1.48. The molecule has 0 spiro atoms. The smallest absolute Gasteiger partial charge is 0.472 e. The van der Waals surface area contributed by atoms with Crippen molar-refractivity contribution in [2.75, 3.05) is 26.4 Å². The van der Waals surface area contributed by atoms with Crippen LogP contribution in [-0.2, 0) is 32.7 Å². The number of phosphoric ester groups is 1. The minimum absolute atomic E-state index is 0.0272. The topological polar surface area (TPSA) is 155 Å². The Morgan fingerprint density at radius 3 is 1.83 bits per heavy atom. The molecule has 3 atom stereocenters. The maximum atomic E-state index is 12.5. The van der Waals surface area contributed by atoms with E-state index in [0.29, 0.717) is 13.0 Å². The molecule has 3 unspecified atom stereocenters. The molecule has 0 heterocycles. The van der Waals surface area contributed by atoms with Crippen molar-refractivity contribution in [2.24, 2.45) is 5.73 Å². The molecule has 11 heteroatoms. The molecule has 0 saturated carbocycles. The maximum Gasteiger partial charge on any atom is 0.472 e. The van der Waals surface area contributed by atoms with Gasteiger partial charge in [-0.2, -0.15) is 0 Å². The molecule has 48 heavy (non-hydrogen) atoms. The number of nitrogens with two attached hydrogens (primary N) is 1. The zero-order valence-corrected chi connectivity index (χ0v) is 30.4. The van der Waals surface area contributed by atoms with Crippen molar-refractivity contribution < 1.29 is 42.7 Å². The standard InChI is InChI=1S/C37H64NO9P/c1-3-5-7-9-11-13-15-17-18-20-22-24-26-28-30-44-31-34(32-45-48(42,43)46-33-35(38)37(40)41)47-36(39)29-27-25-23-21-19-16-14-12-10-8-6-4-2/h5,7,11-14,17-18,22,24,34-35H,3-4,6,8-10,15-16,19-21,23,25-33,38H2,1-2H3,(H,40,41)(H,42,43)/b7-5-,13-11-,14-12-,18-17-,24-22-. The molecule has 0 aromatic heterocycles. The molecule has 0 aliphatic rings. The number of hydrogen-bond donors (Lipinski definition) is 3. The lowest BCUT2D eigenvalue weighted by atomic mass is 10.1. The molecule has 0 bridgehead atoms. The van der Waals surface area contributed by atoms with Crippen LogP contribution in [0.5, 0.6) is 0 Å². The molecule has 0 aromatic rings. The minimum Gasteiger partial charge on any atom is -0.480 e. The number of aliphatic carboxylic acids is 1. The molecule has 0 saturated heterocycles. The summed E-state index contributed by atoms with van der Waals surface area (Å²) in [5.41, 5.74) is 5.32. The highest BCUT2D eigenvalue weighted by Crippen LogP contribution is 2.43. The molecule has 10 nitrogen and oxygen atoms in total. The van der Waals surface area contributed by atoms with Gasteiger partial charge in [0.05, 0.1) is 19.8 Å². The van der Waals surface area contributed by atoms with E-state index in [2.05, 4.69) is 79.1 Å². The van der Waals surface area contributed by atoms with E-state index in [-0.39, 0.29) is 13.0 Å². The lowest BCUT2D eigenvalue weighted by Crippen LogP contribution is -2.34. The van der Waals surface area contributed by atoms with Crippen LogP contribution in [0.2, 0.25) is 0 Å². The van der Waals surface area contributed by atoms with Crippen molar-refractivity contribution in [3.8, 4) is 0 Å². The zero-order chi connectivity index (χ0) is 35.6. The predicted octanol–water partition coefficient (Wildman–Crippen LogP) is 8.91. The molecule has 4 N–H and O–H groups in total. The second-order valence-electron chi connectivity index (χ2n) is 11.6. The first-order valence-electron chi connectivity index (χ1n) is 17.8. The summed E-state index contributed by atoms with van der Waals surface area (Å²) in [6.07, 6.45) is 37.2. The number of esters is 1. The SMILES string of the molecule is CC/C=C\C/C=C\C/C=C\C/C=C\CCCOCC(COP(=O)(O)OCC(N)C(=O)O)OC(=O)CCCCCCC/C=C\CCCCC. The van der Waals surface area contributed by atoms with E-state index in [4.69, 9.17) is 24.8 Å². The van der Waals surface area contributed by atoms with E-state index in [1.807, 2.05) is 0 Å². The number of hydrogen-bond acceptors (Lipinski definition) is 8. The number of carboxylic acids is 1. The highest BCUT2D eigenvalue weighted by atomic mass is 31.2. The van der Waals surface area contributed by atoms with Crippen molar-refractivity contribution in [1.29, 1.82) is 0 Å². The first kappa shape index (κ1) is 45.7. The van der Waals surface area contributed by atoms with Crippen LogP contribution >= 0.6 is 7.82 Å². The Kier molecular flexibility index (Phi) is 31.6. The number of carbonyl (C=O) groups is 2. The number of ether oxygens (including phenoxy) is 2. The van der Waals surface area contributed by atoms with E-state index >= 15 is 0 Å². The van der Waals surface area contributed by atoms with Gasteiger partial charge in [0, 0.05) is 13.0 Å². The zero-order valence-electron chi connectivity index (χ0n) is 29.6. The van der Waals surface area contributed by atoms with E-state index < -0.39 is 45.1 Å². The van der Waals surface area contributed by atoms with E-state index in [1.165, 1.54) is 19.3 Å². The molecule has 0 fully saturated rings. The Hall–Kier alpha value is -2.33. The van der Waals surface area contributed by atoms with Gasteiger partial charge < -0.3 is 25.2 Å². The van der Waals surface area contributed by atoms with Crippen LogP contribution in [0.1, 0.15) is 123 Å². The molecule has 0 radical (unpaired) electrons. The van der Waals surface area contributed by atoms with Crippen LogP contribution in [0.4, 0.5) is 0 Å². The van der Waals surface area contributed by atoms with Crippen molar-refractivity contribution in [2.45, 2.75) is 135 Å². The van der Waals surface area contributed by atoms with Gasteiger partial charge in [0.25, 0.3) is 0 Å². The summed E-state index contributed by atoms with van der Waals surface area (Å²) in [6.45, 7) is 3.54. The maximum absolute atomic E-state index is 12.5. The van der Waals surface area contributed by atoms with Crippen LogP contribution in [0, 0.1) is 0 Å². The Bertz CT molecular complexity index is 993.